The van der Waals surface area contributed by atoms with Gasteiger partial charge in [0.15, 0.2) is 11.4 Å². The van der Waals surface area contributed by atoms with Crippen LogP contribution >= 0.6 is 12.4 Å². The van der Waals surface area contributed by atoms with E-state index >= 15 is 0 Å². The number of fused-ring (bicyclic) bond motifs is 3. The minimum atomic E-state index is -4.91. The second-order valence-electron chi connectivity index (χ2n) is 24.8. The van der Waals surface area contributed by atoms with Crippen LogP contribution in [-0.4, -0.2) is 121 Å². The Morgan fingerprint density at radius 3 is 1.23 bits per heavy atom. The number of amides is 3. The molecule has 3 fully saturated rings. The molecule has 6 aromatic rings. The summed E-state index contributed by atoms with van der Waals surface area (Å²) in [5.74, 6) is -10.1. The van der Waals surface area contributed by atoms with Gasteiger partial charge in [-0.1, -0.05) is 7.43 Å². The number of likely N-dealkylation sites (tertiary alicyclic amines) is 2. The molecule has 16 nitrogen and oxygen atoms in total. The third-order valence-corrected chi connectivity index (χ3v) is 17.3. The lowest BCUT2D eigenvalue weighted by atomic mass is 9.85. The van der Waals surface area contributed by atoms with Crippen LogP contribution in [0.25, 0.3) is 0 Å². The van der Waals surface area contributed by atoms with Crippen molar-refractivity contribution in [1.29, 1.82) is 0 Å². The SMILES string of the molecule is C.CC(C)(C)OC(=O)N1CCc2[nH]ncc2C1.Cl.Fc1cc(F)c(C(F)(F)F)c(C2CCNCC2)c1.O=C(c1n[nH]c2c1CCCC2)N1CCC(c2cc(F)cc(F)c2C(F)(F)F)CC1.O=C(c1n[nH]c2c1CCCC2)N1CCC(c2cc(F)cc(F)c2C(F)(F)F)CC1.O=C=O. The van der Waals surface area contributed by atoms with Crippen LogP contribution in [-0.2, 0) is 71.5 Å². The molecule has 32 heteroatoms. The number of alkyl halides is 9. The maximum atomic E-state index is 13.9. The van der Waals surface area contributed by atoms with E-state index in [1.54, 1.807) is 20.9 Å². The average Bonchev–Trinajstić information content (AvgIpc) is 1.68. The van der Waals surface area contributed by atoms with E-state index in [4.69, 9.17) is 14.3 Å². The highest BCUT2D eigenvalue weighted by atomic mass is 35.5. The Hall–Kier alpha value is -7.92. The molecule has 0 bridgehead atoms. The maximum Gasteiger partial charge on any atom is 0.419 e. The lowest BCUT2D eigenvalue weighted by Gasteiger charge is -2.33. The zero-order valence-corrected chi connectivity index (χ0v) is 53.1. The predicted octanol–water partition coefficient (Wildman–Crippen LogP) is 14.8. The minimum absolute atomic E-state index is 0. The summed E-state index contributed by atoms with van der Waals surface area (Å²) in [5, 5.41) is 24.0. The molecule has 0 unspecified atom stereocenters. The highest BCUT2D eigenvalue weighted by Crippen LogP contribution is 2.44. The van der Waals surface area contributed by atoms with Gasteiger partial charge in [0.25, 0.3) is 11.8 Å². The highest BCUT2D eigenvalue weighted by Gasteiger charge is 2.43. The summed E-state index contributed by atoms with van der Waals surface area (Å²) >= 11 is 0. The van der Waals surface area contributed by atoms with Gasteiger partial charge in [-0.15, -0.1) is 12.4 Å². The molecule has 6 aliphatic rings. The number of benzene rings is 3. The minimum Gasteiger partial charge on any atom is -0.444 e. The number of H-pyrrole nitrogens is 3. The van der Waals surface area contributed by atoms with E-state index in [2.05, 4.69) is 35.9 Å². The van der Waals surface area contributed by atoms with Crippen molar-refractivity contribution in [3.63, 3.8) is 0 Å². The molecule has 0 saturated carbocycles. The zero-order valence-electron chi connectivity index (χ0n) is 52.2. The molecule has 532 valence electrons. The maximum absolute atomic E-state index is 13.9. The van der Waals surface area contributed by atoms with Crippen LogP contribution in [0.15, 0.2) is 42.6 Å². The first-order chi connectivity index (χ1) is 44.8. The summed E-state index contributed by atoms with van der Waals surface area (Å²) in [6.07, 6.45) is -3.02. The van der Waals surface area contributed by atoms with Gasteiger partial charge in [0, 0.05) is 91.1 Å². The van der Waals surface area contributed by atoms with Crippen LogP contribution in [0, 0.1) is 34.9 Å². The van der Waals surface area contributed by atoms with Crippen LogP contribution in [0.4, 0.5) is 70.7 Å². The number of rotatable bonds is 5. The Kier molecular flexibility index (Phi) is 26.6. The van der Waals surface area contributed by atoms with Gasteiger partial charge in [0.1, 0.15) is 40.5 Å². The van der Waals surface area contributed by atoms with Crippen LogP contribution < -0.4 is 5.32 Å². The Morgan fingerprint density at radius 1 is 0.505 bits per heavy atom. The van der Waals surface area contributed by atoms with Crippen molar-refractivity contribution in [2.75, 3.05) is 45.8 Å². The van der Waals surface area contributed by atoms with Gasteiger partial charge in [0.2, 0.25) is 0 Å². The molecule has 0 spiro atoms. The molecule has 0 atom stereocenters. The Morgan fingerprint density at radius 2 is 0.866 bits per heavy atom. The molecule has 3 amide bonds. The van der Waals surface area contributed by atoms with Crippen molar-refractivity contribution >= 4 is 36.5 Å². The third kappa shape index (κ3) is 19.7. The fraction of sp³-hybridized carbons (Fsp3) is 0.523. The van der Waals surface area contributed by atoms with Crippen molar-refractivity contribution in [3.8, 4) is 0 Å². The van der Waals surface area contributed by atoms with Crippen molar-refractivity contribution < 1.29 is 94.6 Å². The topological polar surface area (TPSA) is 202 Å². The Labute approximate surface area is 554 Å². The lowest BCUT2D eigenvalue weighted by Crippen LogP contribution is -2.39. The number of nitrogens with one attached hydrogen (secondary N) is 4. The number of hydrogen-bond donors (Lipinski definition) is 4. The van der Waals surface area contributed by atoms with Gasteiger partial charge >= 0.3 is 30.8 Å². The van der Waals surface area contributed by atoms with Crippen LogP contribution in [0.3, 0.4) is 0 Å². The molecule has 7 heterocycles. The summed E-state index contributed by atoms with van der Waals surface area (Å²) in [7, 11) is 0. The average molecular weight is 1410 g/mol. The second kappa shape index (κ2) is 33.1. The quantitative estimate of drug-likeness (QED) is 0.120. The number of aryl methyl sites for hydroxylation is 2. The van der Waals surface area contributed by atoms with Gasteiger partial charge in [-0.2, -0.15) is 64.4 Å². The summed E-state index contributed by atoms with van der Waals surface area (Å²) < 4.78 is 205. The van der Waals surface area contributed by atoms with Crippen molar-refractivity contribution in [2.24, 2.45) is 0 Å². The molecule has 97 heavy (non-hydrogen) atoms. The summed E-state index contributed by atoms with van der Waals surface area (Å²) in [6.45, 7) is 8.83. The van der Waals surface area contributed by atoms with Gasteiger partial charge in [-0.3, -0.25) is 24.9 Å². The van der Waals surface area contributed by atoms with Crippen molar-refractivity contribution in [1.82, 2.24) is 50.6 Å². The number of piperidine rings is 3. The zero-order chi connectivity index (χ0) is 69.3. The fourth-order valence-electron chi connectivity index (χ4n) is 12.9. The van der Waals surface area contributed by atoms with E-state index in [0.29, 0.717) is 50.4 Å². The largest absolute Gasteiger partial charge is 0.444 e. The highest BCUT2D eigenvalue weighted by molar-refractivity contribution is 5.94. The number of aromatic nitrogens is 6. The number of halogens is 16. The molecule has 4 N–H and O–H groups in total. The monoisotopic (exact) mass is 1410 g/mol. The van der Waals surface area contributed by atoms with Gasteiger partial charge in [-0.05, 0) is 176 Å². The molecule has 2 aliphatic carbocycles. The predicted molar refractivity (Wildman–Crippen MR) is 323 cm³/mol. The third-order valence-electron chi connectivity index (χ3n) is 17.3. The molecule has 12 rings (SSSR count). The number of aromatic amines is 3. The van der Waals surface area contributed by atoms with E-state index in [-0.39, 0.29) is 131 Å². The van der Waals surface area contributed by atoms with E-state index < -0.39 is 93.5 Å². The molecule has 3 aromatic heterocycles. The number of carbonyl (C=O) groups excluding carboxylic acids is 5. The fourth-order valence-corrected chi connectivity index (χ4v) is 12.9. The smallest absolute Gasteiger partial charge is 0.419 e. The molecule has 0 radical (unpaired) electrons. The molecule has 3 saturated heterocycles. The normalized spacial score (nSPS) is 16.8. The van der Waals surface area contributed by atoms with E-state index in [0.717, 1.165) is 110 Å². The van der Waals surface area contributed by atoms with E-state index in [1.165, 1.54) is 0 Å². The van der Waals surface area contributed by atoms with E-state index in [1.807, 2.05) is 20.8 Å². The molecule has 4 aliphatic heterocycles. The molecule has 3 aromatic carbocycles. The van der Waals surface area contributed by atoms with Gasteiger partial charge < -0.3 is 24.8 Å². The molecular weight excluding hydrogens is 1340 g/mol. The van der Waals surface area contributed by atoms with E-state index in [9.17, 15) is 80.2 Å². The van der Waals surface area contributed by atoms with Crippen molar-refractivity contribution in [3.05, 3.63) is 156 Å². The first kappa shape index (κ1) is 78.1. The van der Waals surface area contributed by atoms with Crippen molar-refractivity contribution in [2.45, 2.75) is 173 Å². The molecular formula is C65H74ClF15N10O6. The second-order valence-corrected chi connectivity index (χ2v) is 24.8. The number of ether oxygens (including phenoxy) is 1. The van der Waals surface area contributed by atoms with Gasteiger partial charge in [-0.25, -0.2) is 31.1 Å². The Bertz CT molecular complexity index is 3550. The van der Waals surface area contributed by atoms with Crippen LogP contribution in [0.5, 0.6) is 0 Å². The Balaban J connectivity index is 0.000000206. The first-order valence-electron chi connectivity index (χ1n) is 30.9. The summed E-state index contributed by atoms with van der Waals surface area (Å²) in [6, 6.07) is 3.13. The first-order valence-corrected chi connectivity index (χ1v) is 30.9. The number of nitrogens with zero attached hydrogens (tertiary/aromatic N) is 6. The lowest BCUT2D eigenvalue weighted by molar-refractivity contribution is -0.191. The number of hydrogen-bond acceptors (Lipinski definition) is 10. The van der Waals surface area contributed by atoms with Gasteiger partial charge in [0.05, 0.1) is 29.4 Å². The standard InChI is InChI=1S/2C20H20F5N3O.C12H12F5N.C11H17N3O2.CO2.CH4.ClH/c2*21-12-9-14(17(15(22)10-12)20(23,24)25)11-5-7-28(8-6-11)19(29)18-13-3-1-2-4-16(13)26-27-18;13-8-5-9(7-1-3-18-4-2-7)11(10(14)6-8)12(15,16)17;1-11(2,3)16-10(15)14-5-4-9-8(7-14)6-12-13-9;2-1-3;;/h2*9-11H,1-8H2,(H,26,27);5-7,18H,1-4H2;6H,4-5,7H2,1-3H3,(H,12,13);;1H4;1H. The summed E-state index contributed by atoms with van der Waals surface area (Å²) in [4.78, 5) is 58.6. The number of carbonyl (C=O) groups is 3. The van der Waals surface area contributed by atoms with Crippen LogP contribution in [0.2, 0.25) is 0 Å². The summed E-state index contributed by atoms with van der Waals surface area (Å²) in [5.41, 5.74) is 1.16. The van der Waals surface area contributed by atoms with Crippen LogP contribution in [0.1, 0.15) is 198 Å².